The van der Waals surface area contributed by atoms with Crippen LogP contribution in [0.15, 0.2) is 42.6 Å². The SMILES string of the molecule is CNc1cc(CN(C)C(=O)c2cccc3ncccc23)nc(C2CCNCC2)n1. The van der Waals surface area contributed by atoms with E-state index in [0.717, 1.165) is 54.2 Å². The van der Waals surface area contributed by atoms with Crippen molar-refractivity contribution in [1.82, 2.24) is 25.2 Å². The summed E-state index contributed by atoms with van der Waals surface area (Å²) < 4.78 is 0. The van der Waals surface area contributed by atoms with Crippen LogP contribution in [-0.2, 0) is 6.54 Å². The number of hydrogen-bond donors (Lipinski definition) is 2. The highest BCUT2D eigenvalue weighted by Gasteiger charge is 2.21. The summed E-state index contributed by atoms with van der Waals surface area (Å²) in [5.74, 6) is 1.97. The lowest BCUT2D eigenvalue weighted by Crippen LogP contribution is -2.29. The molecule has 3 aromatic rings. The first-order chi connectivity index (χ1) is 14.2. The molecule has 0 atom stereocenters. The number of nitrogens with one attached hydrogen (secondary N) is 2. The highest BCUT2D eigenvalue weighted by Crippen LogP contribution is 2.24. The van der Waals surface area contributed by atoms with E-state index in [4.69, 9.17) is 4.98 Å². The average Bonchev–Trinajstić information content (AvgIpc) is 2.78. The second kappa shape index (κ2) is 8.53. The van der Waals surface area contributed by atoms with Gasteiger partial charge in [-0.3, -0.25) is 9.78 Å². The monoisotopic (exact) mass is 390 g/mol. The third kappa shape index (κ3) is 4.19. The highest BCUT2D eigenvalue weighted by atomic mass is 16.2. The van der Waals surface area contributed by atoms with E-state index < -0.39 is 0 Å². The maximum absolute atomic E-state index is 13.1. The van der Waals surface area contributed by atoms with Crippen LogP contribution in [0.5, 0.6) is 0 Å². The Bertz CT molecular complexity index is 1010. The molecular weight excluding hydrogens is 364 g/mol. The molecule has 1 amide bonds. The predicted octanol–water partition coefficient (Wildman–Crippen LogP) is 2.81. The summed E-state index contributed by atoms with van der Waals surface area (Å²) in [6.07, 6.45) is 3.80. The Hall–Kier alpha value is -3.06. The summed E-state index contributed by atoms with van der Waals surface area (Å²) in [4.78, 5) is 28.7. The molecule has 0 bridgehead atoms. The molecule has 1 aliphatic rings. The summed E-state index contributed by atoms with van der Waals surface area (Å²) >= 11 is 0. The molecule has 7 nitrogen and oxygen atoms in total. The molecule has 0 saturated carbocycles. The van der Waals surface area contributed by atoms with Gasteiger partial charge in [-0.1, -0.05) is 12.1 Å². The van der Waals surface area contributed by atoms with Crippen molar-refractivity contribution in [1.29, 1.82) is 0 Å². The number of pyridine rings is 1. The van der Waals surface area contributed by atoms with Crippen LogP contribution in [0.4, 0.5) is 5.82 Å². The minimum atomic E-state index is -0.0448. The van der Waals surface area contributed by atoms with Crippen LogP contribution >= 0.6 is 0 Å². The van der Waals surface area contributed by atoms with Gasteiger partial charge in [-0.25, -0.2) is 9.97 Å². The normalized spacial score (nSPS) is 14.7. The quantitative estimate of drug-likeness (QED) is 0.697. The third-order valence-corrected chi connectivity index (χ3v) is 5.38. The molecule has 1 aromatic carbocycles. The largest absolute Gasteiger partial charge is 0.373 e. The van der Waals surface area contributed by atoms with E-state index in [0.29, 0.717) is 18.0 Å². The van der Waals surface area contributed by atoms with E-state index >= 15 is 0 Å². The molecule has 7 heteroatoms. The number of carbonyl (C=O) groups is 1. The summed E-state index contributed by atoms with van der Waals surface area (Å²) in [6.45, 7) is 2.39. The lowest BCUT2D eigenvalue weighted by atomic mass is 9.97. The van der Waals surface area contributed by atoms with Gasteiger partial charge in [-0.2, -0.15) is 0 Å². The number of aromatic nitrogens is 3. The molecule has 0 spiro atoms. The topological polar surface area (TPSA) is 83.0 Å². The zero-order valence-corrected chi connectivity index (χ0v) is 16.9. The average molecular weight is 390 g/mol. The molecule has 0 aliphatic carbocycles. The van der Waals surface area contributed by atoms with Gasteiger partial charge in [0.1, 0.15) is 11.6 Å². The van der Waals surface area contributed by atoms with Gasteiger partial charge >= 0.3 is 0 Å². The van der Waals surface area contributed by atoms with E-state index in [-0.39, 0.29) is 5.91 Å². The highest BCUT2D eigenvalue weighted by molar-refractivity contribution is 6.05. The summed E-state index contributed by atoms with van der Waals surface area (Å²) in [7, 11) is 3.67. The number of amides is 1. The Balaban J connectivity index is 1.58. The summed E-state index contributed by atoms with van der Waals surface area (Å²) in [5, 5.41) is 7.37. The first-order valence-corrected chi connectivity index (χ1v) is 10.0. The molecule has 29 heavy (non-hydrogen) atoms. The standard InChI is InChI=1S/C22H26N6O/c1-23-20-13-16(26-21(27-20)15-8-11-24-12-9-15)14-28(2)22(29)18-5-3-7-19-17(18)6-4-10-25-19/h3-7,10,13,15,24H,8-9,11-12,14H2,1-2H3,(H,23,26,27). The van der Waals surface area contributed by atoms with Crippen LogP contribution < -0.4 is 10.6 Å². The van der Waals surface area contributed by atoms with Crippen molar-refractivity contribution in [3.8, 4) is 0 Å². The number of piperidine rings is 1. The maximum atomic E-state index is 13.1. The Kier molecular flexibility index (Phi) is 5.67. The lowest BCUT2D eigenvalue weighted by molar-refractivity contribution is 0.0785. The molecule has 2 aromatic heterocycles. The van der Waals surface area contributed by atoms with Gasteiger partial charge in [0.25, 0.3) is 5.91 Å². The van der Waals surface area contributed by atoms with Crippen molar-refractivity contribution >= 4 is 22.6 Å². The Labute approximate surface area is 170 Å². The first kappa shape index (κ1) is 19.3. The number of fused-ring (bicyclic) bond motifs is 1. The van der Waals surface area contributed by atoms with E-state index in [1.54, 1.807) is 11.1 Å². The fourth-order valence-electron chi connectivity index (χ4n) is 3.80. The van der Waals surface area contributed by atoms with Gasteiger partial charge in [0, 0.05) is 43.2 Å². The minimum absolute atomic E-state index is 0.0448. The molecular formula is C22H26N6O. The van der Waals surface area contributed by atoms with Crippen LogP contribution in [0.1, 0.15) is 40.6 Å². The summed E-state index contributed by atoms with van der Waals surface area (Å²) in [5.41, 5.74) is 2.31. The van der Waals surface area contributed by atoms with Gasteiger partial charge in [0.2, 0.25) is 0 Å². The molecule has 1 fully saturated rings. The third-order valence-electron chi connectivity index (χ3n) is 5.38. The Morgan fingerprint density at radius 3 is 2.83 bits per heavy atom. The Morgan fingerprint density at radius 1 is 1.21 bits per heavy atom. The smallest absolute Gasteiger partial charge is 0.254 e. The van der Waals surface area contributed by atoms with Crippen molar-refractivity contribution < 1.29 is 4.79 Å². The molecule has 1 aliphatic heterocycles. The number of anilines is 1. The number of nitrogens with zero attached hydrogens (tertiary/aromatic N) is 4. The van der Waals surface area contributed by atoms with Crippen LogP contribution in [0.25, 0.3) is 10.9 Å². The minimum Gasteiger partial charge on any atom is -0.373 e. The molecule has 150 valence electrons. The van der Waals surface area contributed by atoms with Crippen molar-refractivity contribution in [3.63, 3.8) is 0 Å². The Morgan fingerprint density at radius 2 is 2.03 bits per heavy atom. The number of hydrogen-bond acceptors (Lipinski definition) is 6. The second-order valence-electron chi connectivity index (χ2n) is 7.41. The first-order valence-electron chi connectivity index (χ1n) is 10.0. The zero-order valence-electron chi connectivity index (χ0n) is 16.9. The van der Waals surface area contributed by atoms with Crippen molar-refractivity contribution in [2.45, 2.75) is 25.3 Å². The van der Waals surface area contributed by atoms with Crippen LogP contribution in [0.2, 0.25) is 0 Å². The van der Waals surface area contributed by atoms with Gasteiger partial charge in [-0.15, -0.1) is 0 Å². The number of rotatable bonds is 5. The summed E-state index contributed by atoms with van der Waals surface area (Å²) in [6, 6.07) is 11.3. The lowest BCUT2D eigenvalue weighted by Gasteiger charge is -2.23. The fourth-order valence-corrected chi connectivity index (χ4v) is 3.80. The molecule has 0 unspecified atom stereocenters. The van der Waals surface area contributed by atoms with Crippen molar-refractivity contribution in [2.75, 3.05) is 32.5 Å². The fraction of sp³-hybridized carbons (Fsp3) is 0.364. The van der Waals surface area contributed by atoms with Gasteiger partial charge in [-0.05, 0) is 44.1 Å². The van der Waals surface area contributed by atoms with E-state index in [9.17, 15) is 4.79 Å². The van der Waals surface area contributed by atoms with Crippen molar-refractivity contribution in [2.24, 2.45) is 0 Å². The van der Waals surface area contributed by atoms with E-state index in [1.807, 2.05) is 50.5 Å². The van der Waals surface area contributed by atoms with E-state index in [2.05, 4.69) is 20.6 Å². The van der Waals surface area contributed by atoms with Gasteiger partial charge in [0.05, 0.1) is 17.8 Å². The molecule has 0 radical (unpaired) electrons. The number of benzene rings is 1. The van der Waals surface area contributed by atoms with Crippen molar-refractivity contribution in [3.05, 3.63) is 59.7 Å². The molecule has 1 saturated heterocycles. The maximum Gasteiger partial charge on any atom is 0.254 e. The molecule has 4 rings (SSSR count). The van der Waals surface area contributed by atoms with Crippen LogP contribution in [0.3, 0.4) is 0 Å². The molecule has 3 heterocycles. The van der Waals surface area contributed by atoms with Crippen LogP contribution in [0, 0.1) is 0 Å². The van der Waals surface area contributed by atoms with Gasteiger partial charge < -0.3 is 15.5 Å². The predicted molar refractivity (Wildman–Crippen MR) is 114 cm³/mol. The zero-order chi connectivity index (χ0) is 20.2. The molecule has 2 N–H and O–H groups in total. The van der Waals surface area contributed by atoms with Crippen LogP contribution in [-0.4, -0.2) is 52.9 Å². The number of carbonyl (C=O) groups excluding carboxylic acids is 1. The second-order valence-corrected chi connectivity index (χ2v) is 7.41. The van der Waals surface area contributed by atoms with Gasteiger partial charge in [0.15, 0.2) is 0 Å². The van der Waals surface area contributed by atoms with E-state index in [1.165, 1.54) is 0 Å².